The molecule has 0 spiro atoms. The van der Waals surface area contributed by atoms with E-state index in [1.165, 1.54) is 4.90 Å². The monoisotopic (exact) mass is 320 g/mol. The molecule has 124 valence electrons. The molecule has 0 fully saturated rings. The van der Waals surface area contributed by atoms with Gasteiger partial charge in [-0.25, -0.2) is 0 Å². The quantitative estimate of drug-likeness (QED) is 0.680. The van der Waals surface area contributed by atoms with Gasteiger partial charge in [0.2, 0.25) is 5.91 Å². The predicted octanol–water partition coefficient (Wildman–Crippen LogP) is 0.545. The van der Waals surface area contributed by atoms with Gasteiger partial charge < -0.3 is 20.4 Å². The number of carbonyl (C=O) groups is 3. The molecule has 0 radical (unpaired) electrons. The average Bonchev–Trinajstić information content (AvgIpc) is 2.83. The Morgan fingerprint density at radius 2 is 2.04 bits per heavy atom. The third-order valence-corrected chi connectivity index (χ3v) is 3.89. The highest BCUT2D eigenvalue weighted by Gasteiger charge is 2.43. The SMILES string of the molecule is CCCC(CO)N1C(=O)c2ccccc2C1C(=O)NCC(=O)O. The minimum atomic E-state index is -1.16. The second kappa shape index (κ2) is 7.23. The van der Waals surface area contributed by atoms with Crippen LogP contribution in [0.4, 0.5) is 0 Å². The standard InChI is InChI=1S/C16H20N2O5/c1-2-5-10(9-19)18-14(15(22)17-8-13(20)21)11-6-3-4-7-12(11)16(18)23/h3-4,6-7,10,14,19H,2,5,8-9H2,1H3,(H,17,22)(H,20,21). The Morgan fingerprint density at radius 3 is 2.65 bits per heavy atom. The maximum absolute atomic E-state index is 12.6. The lowest BCUT2D eigenvalue weighted by Crippen LogP contribution is -2.46. The highest BCUT2D eigenvalue weighted by molar-refractivity contribution is 6.05. The fraction of sp³-hybridized carbons (Fsp3) is 0.438. The van der Waals surface area contributed by atoms with Crippen LogP contribution in [0.2, 0.25) is 0 Å². The molecule has 1 heterocycles. The summed E-state index contributed by atoms with van der Waals surface area (Å²) >= 11 is 0. The molecule has 7 nitrogen and oxygen atoms in total. The number of carboxylic acid groups (broad SMARTS) is 1. The largest absolute Gasteiger partial charge is 0.480 e. The van der Waals surface area contributed by atoms with Crippen molar-refractivity contribution >= 4 is 17.8 Å². The number of nitrogens with zero attached hydrogens (tertiary/aromatic N) is 1. The molecule has 3 N–H and O–H groups in total. The van der Waals surface area contributed by atoms with E-state index >= 15 is 0 Å². The number of carbonyl (C=O) groups excluding carboxylic acids is 2. The van der Waals surface area contributed by atoms with Crippen LogP contribution in [-0.4, -0.2) is 52.1 Å². The summed E-state index contributed by atoms with van der Waals surface area (Å²) in [6, 6.07) is 5.34. The molecule has 2 atom stereocenters. The summed E-state index contributed by atoms with van der Waals surface area (Å²) in [7, 11) is 0. The lowest BCUT2D eigenvalue weighted by molar-refractivity contribution is -0.138. The normalized spacial score (nSPS) is 17.7. The van der Waals surface area contributed by atoms with Gasteiger partial charge in [0.05, 0.1) is 12.6 Å². The summed E-state index contributed by atoms with van der Waals surface area (Å²) in [6.07, 6.45) is 1.30. The van der Waals surface area contributed by atoms with Crippen LogP contribution in [0, 0.1) is 0 Å². The van der Waals surface area contributed by atoms with Crippen molar-refractivity contribution in [1.29, 1.82) is 0 Å². The van der Waals surface area contributed by atoms with Gasteiger partial charge >= 0.3 is 5.97 Å². The van der Waals surface area contributed by atoms with Crippen molar-refractivity contribution in [2.75, 3.05) is 13.2 Å². The summed E-state index contributed by atoms with van der Waals surface area (Å²) in [5.41, 5.74) is 0.951. The molecule has 1 aliphatic heterocycles. The van der Waals surface area contributed by atoms with E-state index in [0.29, 0.717) is 17.5 Å². The van der Waals surface area contributed by atoms with E-state index in [1.54, 1.807) is 24.3 Å². The van der Waals surface area contributed by atoms with Crippen LogP contribution in [0.15, 0.2) is 24.3 Å². The first kappa shape index (κ1) is 17.0. The van der Waals surface area contributed by atoms with Gasteiger partial charge in [0.1, 0.15) is 12.6 Å². The number of amides is 2. The van der Waals surface area contributed by atoms with Gasteiger partial charge in [-0.1, -0.05) is 31.5 Å². The first-order chi connectivity index (χ1) is 11.0. The van der Waals surface area contributed by atoms with Crippen molar-refractivity contribution in [2.45, 2.75) is 31.8 Å². The number of aliphatic hydroxyl groups excluding tert-OH is 1. The molecule has 2 unspecified atom stereocenters. The van der Waals surface area contributed by atoms with E-state index in [-0.39, 0.29) is 12.5 Å². The number of aliphatic carboxylic acids is 1. The van der Waals surface area contributed by atoms with Crippen LogP contribution >= 0.6 is 0 Å². The maximum Gasteiger partial charge on any atom is 0.322 e. The van der Waals surface area contributed by atoms with Gasteiger partial charge in [0, 0.05) is 5.56 Å². The second-order valence-corrected chi connectivity index (χ2v) is 5.44. The van der Waals surface area contributed by atoms with Crippen LogP contribution in [0.3, 0.4) is 0 Å². The summed E-state index contributed by atoms with van der Waals surface area (Å²) < 4.78 is 0. The predicted molar refractivity (Wildman–Crippen MR) is 81.8 cm³/mol. The number of fused-ring (bicyclic) bond motifs is 1. The smallest absolute Gasteiger partial charge is 0.322 e. The molecule has 2 rings (SSSR count). The molecule has 0 aliphatic carbocycles. The van der Waals surface area contributed by atoms with Crippen molar-refractivity contribution < 1.29 is 24.6 Å². The van der Waals surface area contributed by atoms with Gasteiger partial charge in [-0.2, -0.15) is 0 Å². The average molecular weight is 320 g/mol. The number of rotatable bonds is 7. The number of benzene rings is 1. The van der Waals surface area contributed by atoms with Crippen LogP contribution in [0.5, 0.6) is 0 Å². The molecular weight excluding hydrogens is 300 g/mol. The van der Waals surface area contributed by atoms with Crippen LogP contribution in [0.25, 0.3) is 0 Å². The van der Waals surface area contributed by atoms with Gasteiger partial charge in [0.25, 0.3) is 5.91 Å². The minimum Gasteiger partial charge on any atom is -0.480 e. The zero-order valence-corrected chi connectivity index (χ0v) is 12.9. The number of hydrogen-bond acceptors (Lipinski definition) is 4. The highest BCUT2D eigenvalue weighted by Crippen LogP contribution is 2.36. The van der Waals surface area contributed by atoms with Crippen molar-refractivity contribution in [3.63, 3.8) is 0 Å². The van der Waals surface area contributed by atoms with Crippen LogP contribution < -0.4 is 5.32 Å². The Hall–Kier alpha value is -2.41. The molecule has 0 saturated carbocycles. The van der Waals surface area contributed by atoms with Gasteiger partial charge in [-0.15, -0.1) is 0 Å². The van der Waals surface area contributed by atoms with Crippen molar-refractivity contribution in [2.24, 2.45) is 0 Å². The van der Waals surface area contributed by atoms with Crippen LogP contribution in [0.1, 0.15) is 41.7 Å². The second-order valence-electron chi connectivity index (χ2n) is 5.44. The fourth-order valence-corrected chi connectivity index (χ4v) is 2.89. The topological polar surface area (TPSA) is 107 Å². The summed E-state index contributed by atoms with van der Waals surface area (Å²) in [5, 5.41) is 20.7. The molecule has 23 heavy (non-hydrogen) atoms. The molecule has 0 saturated heterocycles. The lowest BCUT2D eigenvalue weighted by atomic mass is 10.0. The first-order valence-electron chi connectivity index (χ1n) is 7.53. The van der Waals surface area contributed by atoms with E-state index in [0.717, 1.165) is 6.42 Å². The molecule has 2 amide bonds. The van der Waals surface area contributed by atoms with E-state index in [2.05, 4.69) is 5.32 Å². The minimum absolute atomic E-state index is 0.254. The Morgan fingerprint density at radius 1 is 1.35 bits per heavy atom. The molecule has 1 aromatic rings. The van der Waals surface area contributed by atoms with Crippen molar-refractivity contribution in [3.8, 4) is 0 Å². The Kier molecular flexibility index (Phi) is 5.33. The zero-order valence-electron chi connectivity index (χ0n) is 12.9. The van der Waals surface area contributed by atoms with Crippen molar-refractivity contribution in [1.82, 2.24) is 10.2 Å². The molecule has 0 bridgehead atoms. The third kappa shape index (κ3) is 3.34. The van der Waals surface area contributed by atoms with Gasteiger partial charge in [-0.05, 0) is 18.1 Å². The molecule has 0 aromatic heterocycles. The van der Waals surface area contributed by atoms with E-state index in [4.69, 9.17) is 5.11 Å². The number of nitrogens with one attached hydrogen (secondary N) is 1. The number of aliphatic hydroxyl groups is 1. The Balaban J connectivity index is 2.37. The van der Waals surface area contributed by atoms with Gasteiger partial charge in [0.15, 0.2) is 0 Å². The van der Waals surface area contributed by atoms with E-state index in [9.17, 15) is 19.5 Å². The van der Waals surface area contributed by atoms with Crippen LogP contribution in [-0.2, 0) is 9.59 Å². The third-order valence-electron chi connectivity index (χ3n) is 3.89. The Labute approximate surface area is 133 Å². The number of hydrogen-bond donors (Lipinski definition) is 3. The molecule has 1 aromatic carbocycles. The summed E-state index contributed by atoms with van der Waals surface area (Å²) in [5.74, 6) is -2.03. The molecular formula is C16H20N2O5. The molecule has 7 heteroatoms. The van der Waals surface area contributed by atoms with Gasteiger partial charge in [-0.3, -0.25) is 14.4 Å². The molecule has 1 aliphatic rings. The summed E-state index contributed by atoms with van der Waals surface area (Å²) in [4.78, 5) is 37.1. The fourth-order valence-electron chi connectivity index (χ4n) is 2.89. The Bertz CT molecular complexity index is 616. The highest BCUT2D eigenvalue weighted by atomic mass is 16.4. The van der Waals surface area contributed by atoms with E-state index in [1.807, 2.05) is 6.92 Å². The lowest BCUT2D eigenvalue weighted by Gasteiger charge is -2.31. The van der Waals surface area contributed by atoms with E-state index < -0.39 is 30.5 Å². The zero-order chi connectivity index (χ0) is 17.0. The van der Waals surface area contributed by atoms with Crippen molar-refractivity contribution in [3.05, 3.63) is 35.4 Å². The summed E-state index contributed by atoms with van der Waals surface area (Å²) in [6.45, 7) is 1.16. The first-order valence-corrected chi connectivity index (χ1v) is 7.53. The number of carboxylic acids is 1. The maximum atomic E-state index is 12.6.